The molecule has 0 aliphatic heterocycles. The van der Waals surface area contributed by atoms with Gasteiger partial charge in [-0.2, -0.15) is 0 Å². The first-order chi connectivity index (χ1) is 7.11. The maximum absolute atomic E-state index is 10.6. The Kier molecular flexibility index (Phi) is 9.40. The quantitative estimate of drug-likeness (QED) is 0.734. The molecule has 16 heavy (non-hydrogen) atoms. The summed E-state index contributed by atoms with van der Waals surface area (Å²) in [6, 6.07) is 0. The minimum Gasteiger partial charge on any atom is -0.300 e. The molecule has 0 aromatic heterocycles. The van der Waals surface area contributed by atoms with Gasteiger partial charge in [0.05, 0.1) is 0 Å². The van der Waals surface area contributed by atoms with Gasteiger partial charge in [0.2, 0.25) is 0 Å². The van der Waals surface area contributed by atoms with Crippen molar-refractivity contribution in [3.8, 4) is 0 Å². The van der Waals surface area contributed by atoms with Gasteiger partial charge in [0.1, 0.15) is 11.6 Å². The number of ketones is 2. The van der Waals surface area contributed by atoms with Crippen molar-refractivity contribution >= 4 is 11.6 Å². The van der Waals surface area contributed by atoms with E-state index in [4.69, 9.17) is 0 Å². The Morgan fingerprint density at radius 2 is 0.812 bits per heavy atom. The van der Waals surface area contributed by atoms with Crippen molar-refractivity contribution in [2.24, 2.45) is 23.7 Å². The van der Waals surface area contributed by atoms with Crippen LogP contribution in [-0.2, 0) is 9.59 Å². The number of rotatable bonds is 4. The van der Waals surface area contributed by atoms with Gasteiger partial charge in [-0.3, -0.25) is 9.59 Å². The van der Waals surface area contributed by atoms with E-state index < -0.39 is 0 Å². The number of carbonyl (C=O) groups excluding carboxylic acids is 2. The summed E-state index contributed by atoms with van der Waals surface area (Å²) in [7, 11) is 0. The number of carbonyl (C=O) groups is 2. The second kappa shape index (κ2) is 8.49. The summed E-state index contributed by atoms with van der Waals surface area (Å²) in [5.41, 5.74) is 0. The molecule has 96 valence electrons. The predicted molar refractivity (Wildman–Crippen MR) is 69.4 cm³/mol. The van der Waals surface area contributed by atoms with E-state index >= 15 is 0 Å². The molecule has 0 spiro atoms. The molecule has 0 radical (unpaired) electrons. The molecule has 0 aliphatic rings. The molecule has 0 rings (SSSR count). The maximum atomic E-state index is 10.6. The van der Waals surface area contributed by atoms with E-state index in [0.717, 1.165) is 0 Å². The normalized spacial score (nSPS) is 14.1. The van der Waals surface area contributed by atoms with Crippen LogP contribution in [0.4, 0.5) is 0 Å². The minimum absolute atomic E-state index is 0.231. The average Bonchev–Trinajstić information content (AvgIpc) is 2.15. The van der Waals surface area contributed by atoms with Crippen molar-refractivity contribution < 1.29 is 9.59 Å². The Morgan fingerprint density at radius 1 is 0.625 bits per heavy atom. The van der Waals surface area contributed by atoms with E-state index in [1.54, 1.807) is 13.8 Å². The number of hydrogen-bond donors (Lipinski definition) is 0. The first-order valence-electron chi connectivity index (χ1n) is 6.12. The first kappa shape index (κ1) is 17.7. The van der Waals surface area contributed by atoms with E-state index in [1.807, 2.05) is 13.8 Å². The molecule has 2 unspecified atom stereocenters. The lowest BCUT2D eigenvalue weighted by Crippen LogP contribution is -2.12. The van der Waals surface area contributed by atoms with Crippen molar-refractivity contribution in [3.63, 3.8) is 0 Å². The molecule has 0 fully saturated rings. The van der Waals surface area contributed by atoms with Gasteiger partial charge < -0.3 is 0 Å². The molecule has 0 N–H and O–H groups in total. The van der Waals surface area contributed by atoms with Crippen LogP contribution in [0.5, 0.6) is 0 Å². The van der Waals surface area contributed by atoms with Crippen LogP contribution in [-0.4, -0.2) is 11.6 Å². The van der Waals surface area contributed by atoms with Crippen molar-refractivity contribution in [2.45, 2.75) is 55.4 Å². The third-order valence-electron chi connectivity index (χ3n) is 3.28. The summed E-state index contributed by atoms with van der Waals surface area (Å²) in [4.78, 5) is 21.2. The van der Waals surface area contributed by atoms with Crippen molar-refractivity contribution in [1.29, 1.82) is 0 Å². The topological polar surface area (TPSA) is 34.1 Å². The van der Waals surface area contributed by atoms with Crippen LogP contribution in [0.25, 0.3) is 0 Å². The fraction of sp³-hybridized carbons (Fsp3) is 0.857. The van der Waals surface area contributed by atoms with Crippen LogP contribution >= 0.6 is 0 Å². The van der Waals surface area contributed by atoms with Gasteiger partial charge in [-0.05, 0) is 25.7 Å². The zero-order chi connectivity index (χ0) is 13.5. The summed E-state index contributed by atoms with van der Waals surface area (Å²) >= 11 is 0. The molecule has 2 nitrogen and oxygen atoms in total. The molecule has 2 atom stereocenters. The highest BCUT2D eigenvalue weighted by Gasteiger charge is 2.10. The highest BCUT2D eigenvalue weighted by atomic mass is 16.1. The van der Waals surface area contributed by atoms with Crippen LogP contribution in [0.3, 0.4) is 0 Å². The van der Waals surface area contributed by atoms with Gasteiger partial charge in [-0.1, -0.05) is 41.5 Å². The molecule has 0 aromatic rings. The largest absolute Gasteiger partial charge is 0.300 e. The Hall–Kier alpha value is -0.660. The van der Waals surface area contributed by atoms with Crippen molar-refractivity contribution in [3.05, 3.63) is 0 Å². The molecule has 0 aromatic carbocycles. The summed E-state index contributed by atoms with van der Waals surface area (Å²) < 4.78 is 0. The first-order valence-corrected chi connectivity index (χ1v) is 6.12. The molecule has 0 heterocycles. The molecule has 0 saturated carbocycles. The zero-order valence-electron chi connectivity index (χ0n) is 12.1. The highest BCUT2D eigenvalue weighted by Crippen LogP contribution is 2.09. The Balaban J connectivity index is 0. The fourth-order valence-corrected chi connectivity index (χ4v) is 0.939. The molecule has 0 saturated heterocycles. The second-order valence-corrected chi connectivity index (χ2v) is 5.29. The highest BCUT2D eigenvalue weighted by molar-refractivity contribution is 5.78. The van der Waals surface area contributed by atoms with Crippen LogP contribution < -0.4 is 0 Å². The number of hydrogen-bond acceptors (Lipinski definition) is 2. The Morgan fingerprint density at radius 3 is 0.812 bits per heavy atom. The van der Waals surface area contributed by atoms with Gasteiger partial charge in [-0.25, -0.2) is 0 Å². The minimum atomic E-state index is 0.231. The van der Waals surface area contributed by atoms with E-state index in [1.165, 1.54) is 0 Å². The smallest absolute Gasteiger partial charge is 0.132 e. The van der Waals surface area contributed by atoms with Gasteiger partial charge in [0, 0.05) is 11.8 Å². The van der Waals surface area contributed by atoms with Crippen LogP contribution in [0, 0.1) is 23.7 Å². The Labute approximate surface area is 101 Å². The standard InChI is InChI=1S/2C7H14O/c2*1-5(2)6(3)7(4)8/h2*5-6H,1-4H3. The van der Waals surface area contributed by atoms with E-state index in [2.05, 4.69) is 27.7 Å². The lowest BCUT2D eigenvalue weighted by molar-refractivity contribution is -0.122. The van der Waals surface area contributed by atoms with Crippen molar-refractivity contribution in [1.82, 2.24) is 0 Å². The second-order valence-electron chi connectivity index (χ2n) is 5.29. The van der Waals surface area contributed by atoms with E-state index in [9.17, 15) is 9.59 Å². The van der Waals surface area contributed by atoms with Gasteiger partial charge in [-0.15, -0.1) is 0 Å². The van der Waals surface area contributed by atoms with Gasteiger partial charge in [0.25, 0.3) is 0 Å². The van der Waals surface area contributed by atoms with E-state index in [0.29, 0.717) is 23.4 Å². The van der Waals surface area contributed by atoms with Crippen molar-refractivity contribution in [2.75, 3.05) is 0 Å². The monoisotopic (exact) mass is 228 g/mol. The van der Waals surface area contributed by atoms with Gasteiger partial charge in [0.15, 0.2) is 0 Å². The third-order valence-corrected chi connectivity index (χ3v) is 3.28. The molecular weight excluding hydrogens is 200 g/mol. The third kappa shape index (κ3) is 8.63. The van der Waals surface area contributed by atoms with Crippen LogP contribution in [0.1, 0.15) is 55.4 Å². The fourth-order valence-electron chi connectivity index (χ4n) is 0.939. The lowest BCUT2D eigenvalue weighted by Gasteiger charge is -2.09. The summed E-state index contributed by atoms with van der Waals surface area (Å²) in [6.07, 6.45) is 0. The lowest BCUT2D eigenvalue weighted by atomic mass is 9.95. The summed E-state index contributed by atoms with van der Waals surface area (Å²) in [5, 5.41) is 0. The van der Waals surface area contributed by atoms with Crippen LogP contribution in [0.15, 0.2) is 0 Å². The number of Topliss-reactive ketones (excluding diaryl/α,β-unsaturated/α-hetero) is 2. The predicted octanol–water partition coefficient (Wildman–Crippen LogP) is 3.74. The molecule has 2 heteroatoms. The zero-order valence-corrected chi connectivity index (χ0v) is 12.1. The van der Waals surface area contributed by atoms with E-state index in [-0.39, 0.29) is 11.8 Å². The van der Waals surface area contributed by atoms with Crippen LogP contribution in [0.2, 0.25) is 0 Å². The SMILES string of the molecule is CC(=O)C(C)C(C)C.CC(=O)C(C)C(C)C. The van der Waals surface area contributed by atoms with Gasteiger partial charge >= 0.3 is 0 Å². The molecular formula is C14H28O2. The Bertz CT molecular complexity index is 193. The molecule has 0 amide bonds. The molecule has 0 aliphatic carbocycles. The summed E-state index contributed by atoms with van der Waals surface area (Å²) in [6.45, 7) is 15.5. The summed E-state index contributed by atoms with van der Waals surface area (Å²) in [5.74, 6) is 2.03. The average molecular weight is 228 g/mol. The maximum Gasteiger partial charge on any atom is 0.132 e. The molecule has 0 bridgehead atoms.